The van der Waals surface area contributed by atoms with E-state index in [-0.39, 0.29) is 5.91 Å². The summed E-state index contributed by atoms with van der Waals surface area (Å²) in [5.74, 6) is 1.55. The molecule has 2 aromatic rings. The third-order valence-electron chi connectivity index (χ3n) is 4.98. The van der Waals surface area contributed by atoms with Crippen molar-refractivity contribution >= 4 is 23.4 Å². The predicted molar refractivity (Wildman–Crippen MR) is 98.3 cm³/mol. The third kappa shape index (κ3) is 2.67. The van der Waals surface area contributed by atoms with Gasteiger partial charge in [0.15, 0.2) is 0 Å². The fourth-order valence-corrected chi connectivity index (χ4v) is 4.46. The normalized spacial score (nSPS) is 16.1. The van der Waals surface area contributed by atoms with Gasteiger partial charge in [-0.1, -0.05) is 18.6 Å². The molecule has 2 aromatic carbocycles. The lowest BCUT2D eigenvalue weighted by Gasteiger charge is -2.28. The molecule has 5 heteroatoms. The minimum Gasteiger partial charge on any atom is -0.495 e. The minimum absolute atomic E-state index is 0.0582. The van der Waals surface area contributed by atoms with E-state index >= 15 is 0 Å². The van der Waals surface area contributed by atoms with Crippen molar-refractivity contribution in [1.82, 2.24) is 0 Å². The molecule has 1 aliphatic heterocycles. The molecule has 1 amide bonds. The van der Waals surface area contributed by atoms with Crippen molar-refractivity contribution in [3.8, 4) is 11.8 Å². The monoisotopic (exact) mass is 350 g/mol. The molecule has 0 unspecified atom stereocenters. The molecule has 0 N–H and O–H groups in total. The summed E-state index contributed by atoms with van der Waals surface area (Å²) in [5.41, 5.74) is 2.94. The van der Waals surface area contributed by atoms with Crippen molar-refractivity contribution in [3.05, 3.63) is 53.1 Å². The Balaban J connectivity index is 1.75. The molecule has 0 bridgehead atoms. The fraction of sp³-hybridized carbons (Fsp3) is 0.300. The second-order valence-electron chi connectivity index (χ2n) is 6.36. The van der Waals surface area contributed by atoms with Crippen molar-refractivity contribution in [2.24, 2.45) is 0 Å². The van der Waals surface area contributed by atoms with Gasteiger partial charge in [0.05, 0.1) is 24.2 Å². The lowest BCUT2D eigenvalue weighted by atomic mass is 9.78. The first-order valence-electron chi connectivity index (χ1n) is 8.38. The third-order valence-corrected chi connectivity index (χ3v) is 6.03. The van der Waals surface area contributed by atoms with Gasteiger partial charge >= 0.3 is 0 Å². The van der Waals surface area contributed by atoms with Crippen LogP contribution in [0, 0.1) is 11.3 Å². The zero-order valence-electron chi connectivity index (χ0n) is 14.0. The number of para-hydroxylation sites is 1. The minimum atomic E-state index is -0.0582. The molecule has 25 heavy (non-hydrogen) atoms. The molecule has 1 saturated carbocycles. The van der Waals surface area contributed by atoms with Crippen LogP contribution < -0.4 is 9.64 Å². The number of nitrogens with zero attached hydrogens (tertiary/aromatic N) is 2. The van der Waals surface area contributed by atoms with Crippen LogP contribution in [-0.2, 0) is 0 Å². The molecule has 126 valence electrons. The molecule has 4 nitrogen and oxygen atoms in total. The number of nitriles is 1. The number of hydrogen-bond acceptors (Lipinski definition) is 4. The van der Waals surface area contributed by atoms with E-state index in [9.17, 15) is 10.1 Å². The fourth-order valence-electron chi connectivity index (χ4n) is 3.44. The first-order valence-corrected chi connectivity index (χ1v) is 9.37. The van der Waals surface area contributed by atoms with Crippen LogP contribution in [0.4, 0.5) is 5.69 Å². The van der Waals surface area contributed by atoms with E-state index in [4.69, 9.17) is 4.74 Å². The summed E-state index contributed by atoms with van der Waals surface area (Å²) in [6.07, 6.45) is 3.35. The Morgan fingerprint density at radius 2 is 2.12 bits per heavy atom. The van der Waals surface area contributed by atoms with Gasteiger partial charge in [0.25, 0.3) is 5.91 Å². The highest BCUT2D eigenvalue weighted by molar-refractivity contribution is 8.00. The SMILES string of the molecule is COc1c(C#N)cc(C(=O)N2CSc3ccccc32)cc1C1CCC1. The van der Waals surface area contributed by atoms with Crippen LogP contribution >= 0.6 is 11.8 Å². The Labute approximate surface area is 151 Å². The summed E-state index contributed by atoms with van der Waals surface area (Å²) >= 11 is 1.66. The van der Waals surface area contributed by atoms with Crippen LogP contribution in [0.2, 0.25) is 0 Å². The maximum absolute atomic E-state index is 13.1. The molecule has 1 fully saturated rings. The van der Waals surface area contributed by atoms with E-state index in [0.717, 1.165) is 29.0 Å². The maximum atomic E-state index is 13.1. The Morgan fingerprint density at radius 3 is 2.80 bits per heavy atom. The highest BCUT2D eigenvalue weighted by Crippen LogP contribution is 2.43. The van der Waals surface area contributed by atoms with Crippen molar-refractivity contribution in [3.63, 3.8) is 0 Å². The summed E-state index contributed by atoms with van der Waals surface area (Å²) in [4.78, 5) is 16.0. The van der Waals surface area contributed by atoms with Gasteiger partial charge in [0, 0.05) is 10.5 Å². The van der Waals surface area contributed by atoms with E-state index in [1.54, 1.807) is 29.8 Å². The lowest BCUT2D eigenvalue weighted by molar-refractivity contribution is 0.0991. The molecule has 2 aliphatic rings. The summed E-state index contributed by atoms with van der Waals surface area (Å²) < 4.78 is 5.49. The standard InChI is InChI=1S/C20H18N2O2S/c1-24-19-15(11-21)9-14(10-16(19)13-5-4-6-13)20(23)22-12-25-18-8-3-2-7-17(18)22/h2-3,7-10,13H,4-6,12H2,1H3. The van der Waals surface area contributed by atoms with Crippen LogP contribution in [0.1, 0.15) is 46.7 Å². The molecular formula is C20H18N2O2S. The highest BCUT2D eigenvalue weighted by atomic mass is 32.2. The zero-order valence-corrected chi connectivity index (χ0v) is 14.8. The number of thioether (sulfide) groups is 1. The number of rotatable bonds is 3. The van der Waals surface area contributed by atoms with E-state index in [0.29, 0.717) is 28.7 Å². The molecule has 0 spiro atoms. The summed E-state index contributed by atoms with van der Waals surface area (Å²) in [6.45, 7) is 0. The zero-order chi connectivity index (χ0) is 17.4. The number of methoxy groups -OCH3 is 1. The molecule has 0 aromatic heterocycles. The molecule has 0 atom stereocenters. The number of benzene rings is 2. The Bertz CT molecular complexity index is 884. The second kappa shape index (κ2) is 6.45. The van der Waals surface area contributed by atoms with Gasteiger partial charge in [-0.2, -0.15) is 5.26 Å². The first-order chi connectivity index (χ1) is 12.2. The molecule has 4 rings (SSSR count). The van der Waals surface area contributed by atoms with Crippen LogP contribution in [0.15, 0.2) is 41.3 Å². The number of hydrogen-bond donors (Lipinski definition) is 0. The average molecular weight is 350 g/mol. The molecular weight excluding hydrogens is 332 g/mol. The smallest absolute Gasteiger partial charge is 0.259 e. The number of carbonyl (C=O) groups excluding carboxylic acids is 1. The van der Waals surface area contributed by atoms with Crippen molar-refractivity contribution < 1.29 is 9.53 Å². The lowest BCUT2D eigenvalue weighted by Crippen LogP contribution is -2.28. The van der Waals surface area contributed by atoms with Gasteiger partial charge in [0.2, 0.25) is 0 Å². The number of ether oxygens (including phenoxy) is 1. The molecule has 1 heterocycles. The van der Waals surface area contributed by atoms with Crippen LogP contribution in [0.5, 0.6) is 5.75 Å². The molecule has 0 radical (unpaired) electrons. The number of fused-ring (bicyclic) bond motifs is 1. The van der Waals surface area contributed by atoms with Crippen molar-refractivity contribution in [1.29, 1.82) is 5.26 Å². The van der Waals surface area contributed by atoms with Crippen LogP contribution in [-0.4, -0.2) is 18.9 Å². The molecule has 1 aliphatic carbocycles. The Morgan fingerprint density at radius 1 is 1.32 bits per heavy atom. The van der Waals surface area contributed by atoms with Gasteiger partial charge < -0.3 is 4.74 Å². The Kier molecular flexibility index (Phi) is 4.14. The number of carbonyl (C=O) groups is 1. The van der Waals surface area contributed by atoms with Gasteiger partial charge in [-0.05, 0) is 48.6 Å². The van der Waals surface area contributed by atoms with Crippen LogP contribution in [0.3, 0.4) is 0 Å². The highest BCUT2D eigenvalue weighted by Gasteiger charge is 2.30. The first kappa shape index (κ1) is 16.0. The number of anilines is 1. The van der Waals surface area contributed by atoms with Gasteiger partial charge in [-0.25, -0.2) is 0 Å². The van der Waals surface area contributed by atoms with Crippen molar-refractivity contribution in [2.45, 2.75) is 30.1 Å². The summed E-state index contributed by atoms with van der Waals surface area (Å²) in [5, 5.41) is 9.52. The van der Waals surface area contributed by atoms with E-state index in [1.807, 2.05) is 30.3 Å². The topological polar surface area (TPSA) is 53.3 Å². The predicted octanol–water partition coefficient (Wildman–Crippen LogP) is 4.54. The van der Waals surface area contributed by atoms with Gasteiger partial charge in [0.1, 0.15) is 11.8 Å². The van der Waals surface area contributed by atoms with Gasteiger partial charge in [-0.15, -0.1) is 11.8 Å². The van der Waals surface area contributed by atoms with Crippen LogP contribution in [0.25, 0.3) is 0 Å². The summed E-state index contributed by atoms with van der Waals surface area (Å²) in [6, 6.07) is 13.7. The number of amides is 1. The van der Waals surface area contributed by atoms with Crippen molar-refractivity contribution in [2.75, 3.05) is 17.9 Å². The quantitative estimate of drug-likeness (QED) is 0.815. The second-order valence-corrected chi connectivity index (χ2v) is 7.35. The Hall–Kier alpha value is -2.45. The van der Waals surface area contributed by atoms with E-state index < -0.39 is 0 Å². The summed E-state index contributed by atoms with van der Waals surface area (Å²) in [7, 11) is 1.59. The molecule has 0 saturated heterocycles. The van der Waals surface area contributed by atoms with E-state index in [2.05, 4.69) is 6.07 Å². The average Bonchev–Trinajstić information content (AvgIpc) is 3.03. The van der Waals surface area contributed by atoms with E-state index in [1.165, 1.54) is 6.42 Å². The van der Waals surface area contributed by atoms with Gasteiger partial charge in [-0.3, -0.25) is 9.69 Å². The largest absolute Gasteiger partial charge is 0.495 e. The maximum Gasteiger partial charge on any atom is 0.259 e.